The van der Waals surface area contributed by atoms with Crippen molar-refractivity contribution in [2.24, 2.45) is 5.73 Å². The molecule has 4 nitrogen and oxygen atoms in total. The smallest absolute Gasteiger partial charge is 0.329 e. The molecule has 0 fully saturated rings. The van der Waals surface area contributed by atoms with Crippen LogP contribution in [0.3, 0.4) is 0 Å². The lowest BCUT2D eigenvalue weighted by molar-refractivity contribution is -0.137. The molecule has 8 heteroatoms. The summed E-state index contributed by atoms with van der Waals surface area (Å²) < 4.78 is 39.2. The summed E-state index contributed by atoms with van der Waals surface area (Å²) in [6.07, 6.45) is -2.89. The minimum absolute atomic E-state index is 0.305. The van der Waals surface area contributed by atoms with Gasteiger partial charge in [0.15, 0.2) is 0 Å². The van der Waals surface area contributed by atoms with E-state index in [0.29, 0.717) is 36.5 Å². The summed E-state index contributed by atoms with van der Waals surface area (Å²) in [5.74, 6) is 0. The number of nitrogens with zero attached hydrogens (tertiary/aromatic N) is 2. The molecule has 0 saturated carbocycles. The summed E-state index contributed by atoms with van der Waals surface area (Å²) in [6, 6.07) is 2.39. The second-order valence-electron chi connectivity index (χ2n) is 5.44. The summed E-state index contributed by atoms with van der Waals surface area (Å²) in [5, 5.41) is 6.45. The predicted molar refractivity (Wildman–Crippen MR) is 84.2 cm³/mol. The third kappa shape index (κ3) is 4.04. The van der Waals surface area contributed by atoms with E-state index in [1.54, 1.807) is 13.1 Å². The van der Waals surface area contributed by atoms with E-state index in [2.05, 4.69) is 10.2 Å². The Balaban J connectivity index is 2.45. The van der Waals surface area contributed by atoms with Crippen LogP contribution < -0.4 is 5.73 Å². The molecule has 0 atom stereocenters. The molecular weight excluding hydrogens is 329 g/mol. The second kappa shape index (κ2) is 6.90. The summed E-state index contributed by atoms with van der Waals surface area (Å²) in [7, 11) is 1.89. The van der Waals surface area contributed by atoms with Crippen molar-refractivity contribution in [3.63, 3.8) is 0 Å². The number of aryl methyl sites for hydroxylation is 1. The molecule has 0 radical (unpaired) electrons. The van der Waals surface area contributed by atoms with Gasteiger partial charge in [0, 0.05) is 30.8 Å². The monoisotopic (exact) mass is 346 g/mol. The number of alkyl halides is 3. The van der Waals surface area contributed by atoms with Crippen molar-refractivity contribution in [2.75, 3.05) is 20.1 Å². The van der Waals surface area contributed by atoms with Gasteiger partial charge in [0.1, 0.15) is 0 Å². The van der Waals surface area contributed by atoms with E-state index in [1.165, 1.54) is 6.07 Å². The van der Waals surface area contributed by atoms with Crippen LogP contribution in [0.4, 0.5) is 13.2 Å². The van der Waals surface area contributed by atoms with Crippen molar-refractivity contribution < 1.29 is 13.2 Å². The Labute approximate surface area is 137 Å². The number of hydrogen-bond donors (Lipinski definition) is 2. The van der Waals surface area contributed by atoms with Gasteiger partial charge in [0.2, 0.25) is 0 Å². The molecule has 0 amide bonds. The molecule has 2 rings (SSSR count). The summed E-state index contributed by atoms with van der Waals surface area (Å²) >= 11 is 5.74. The van der Waals surface area contributed by atoms with Gasteiger partial charge in [-0.2, -0.15) is 18.3 Å². The maximum Gasteiger partial charge on any atom is 0.417 e. The summed E-state index contributed by atoms with van der Waals surface area (Å²) in [5.41, 5.74) is 7.12. The highest BCUT2D eigenvalue weighted by Crippen LogP contribution is 2.39. The molecule has 0 unspecified atom stereocenters. The molecular formula is C15H18ClF3N4. The Kier molecular flexibility index (Phi) is 5.33. The van der Waals surface area contributed by atoms with Crippen molar-refractivity contribution in [1.82, 2.24) is 15.1 Å². The Morgan fingerprint density at radius 1 is 1.35 bits per heavy atom. The average Bonchev–Trinajstić information content (AvgIpc) is 2.85. The van der Waals surface area contributed by atoms with Gasteiger partial charge in [-0.15, -0.1) is 0 Å². The Morgan fingerprint density at radius 2 is 2.04 bits per heavy atom. The fraction of sp³-hybridized carbons (Fsp3) is 0.400. The van der Waals surface area contributed by atoms with E-state index in [1.807, 2.05) is 11.9 Å². The zero-order valence-electron chi connectivity index (χ0n) is 12.8. The van der Waals surface area contributed by atoms with Gasteiger partial charge >= 0.3 is 6.18 Å². The largest absolute Gasteiger partial charge is 0.417 e. The lowest BCUT2D eigenvalue weighted by Gasteiger charge is -2.17. The molecule has 23 heavy (non-hydrogen) atoms. The van der Waals surface area contributed by atoms with Crippen LogP contribution in [0.25, 0.3) is 11.3 Å². The zero-order valence-corrected chi connectivity index (χ0v) is 13.6. The van der Waals surface area contributed by atoms with E-state index in [-0.39, 0.29) is 5.02 Å². The fourth-order valence-electron chi connectivity index (χ4n) is 2.41. The number of H-pyrrole nitrogens is 1. The number of nitrogens with two attached hydrogens (primary N) is 1. The Hall–Kier alpha value is -1.57. The maximum absolute atomic E-state index is 13.1. The van der Waals surface area contributed by atoms with Crippen LogP contribution in [-0.2, 0) is 12.7 Å². The molecule has 126 valence electrons. The molecule has 0 aliphatic rings. The Morgan fingerprint density at radius 3 is 2.65 bits per heavy atom. The first-order chi connectivity index (χ1) is 10.7. The minimum Gasteiger partial charge on any atom is -0.329 e. The van der Waals surface area contributed by atoms with Crippen LogP contribution in [0.15, 0.2) is 18.3 Å². The van der Waals surface area contributed by atoms with Gasteiger partial charge in [-0.1, -0.05) is 11.6 Å². The first-order valence-corrected chi connectivity index (χ1v) is 7.40. The highest BCUT2D eigenvalue weighted by Gasteiger charge is 2.34. The van der Waals surface area contributed by atoms with Crippen LogP contribution in [0.5, 0.6) is 0 Å². The standard InChI is InChI=1S/C15H18ClF3N4/c1-9-5-13(16)12(15(17,18)19)6-11(9)14-10(7-21-22-14)8-23(2)4-3-20/h5-7H,3-4,8,20H2,1-2H3,(H,21,22). The summed E-state index contributed by atoms with van der Waals surface area (Å²) in [4.78, 5) is 1.98. The third-order valence-corrected chi connectivity index (χ3v) is 3.87. The first kappa shape index (κ1) is 17.8. The normalized spacial score (nSPS) is 12.2. The second-order valence-corrected chi connectivity index (χ2v) is 5.85. The van der Waals surface area contributed by atoms with Crippen molar-refractivity contribution >= 4 is 11.6 Å². The highest BCUT2D eigenvalue weighted by atomic mass is 35.5. The molecule has 1 heterocycles. The number of hydrogen-bond acceptors (Lipinski definition) is 3. The molecule has 0 saturated heterocycles. The van der Waals surface area contributed by atoms with E-state index in [4.69, 9.17) is 17.3 Å². The molecule has 0 bridgehead atoms. The topological polar surface area (TPSA) is 57.9 Å². The molecule has 3 N–H and O–H groups in total. The van der Waals surface area contributed by atoms with Gasteiger partial charge < -0.3 is 10.6 Å². The number of benzene rings is 1. The maximum atomic E-state index is 13.1. The number of aromatic nitrogens is 2. The lowest BCUT2D eigenvalue weighted by Crippen LogP contribution is -2.25. The average molecular weight is 347 g/mol. The van der Waals surface area contributed by atoms with E-state index in [9.17, 15) is 13.2 Å². The van der Waals surface area contributed by atoms with Crippen LogP contribution in [0, 0.1) is 6.92 Å². The number of nitrogens with one attached hydrogen (secondary N) is 1. The van der Waals surface area contributed by atoms with Crippen molar-refractivity contribution in [3.8, 4) is 11.3 Å². The number of rotatable bonds is 5. The molecule has 0 spiro atoms. The van der Waals surface area contributed by atoms with Crippen molar-refractivity contribution in [3.05, 3.63) is 40.0 Å². The number of likely N-dealkylation sites (N-methyl/N-ethyl adjacent to an activating group) is 1. The molecule has 2 aromatic rings. The number of aromatic amines is 1. The first-order valence-electron chi connectivity index (χ1n) is 7.02. The fourth-order valence-corrected chi connectivity index (χ4v) is 2.74. The quantitative estimate of drug-likeness (QED) is 0.871. The van der Waals surface area contributed by atoms with Gasteiger partial charge in [-0.25, -0.2) is 0 Å². The van der Waals surface area contributed by atoms with Gasteiger partial charge in [0.05, 0.1) is 22.5 Å². The molecule has 1 aromatic heterocycles. The third-order valence-electron chi connectivity index (χ3n) is 3.56. The van der Waals surface area contributed by atoms with Crippen LogP contribution in [0.2, 0.25) is 5.02 Å². The summed E-state index contributed by atoms with van der Waals surface area (Å²) in [6.45, 7) is 3.43. The Bertz CT molecular complexity index is 682. The van der Waals surface area contributed by atoms with Crippen LogP contribution in [-0.4, -0.2) is 35.2 Å². The zero-order chi connectivity index (χ0) is 17.2. The van der Waals surface area contributed by atoms with Gasteiger partial charge in [-0.05, 0) is 31.7 Å². The van der Waals surface area contributed by atoms with E-state index in [0.717, 1.165) is 11.6 Å². The van der Waals surface area contributed by atoms with E-state index < -0.39 is 11.7 Å². The molecule has 1 aromatic carbocycles. The molecule has 0 aliphatic carbocycles. The van der Waals surface area contributed by atoms with Crippen molar-refractivity contribution in [2.45, 2.75) is 19.6 Å². The highest BCUT2D eigenvalue weighted by molar-refractivity contribution is 6.31. The van der Waals surface area contributed by atoms with Gasteiger partial charge in [0.25, 0.3) is 0 Å². The van der Waals surface area contributed by atoms with Crippen LogP contribution in [0.1, 0.15) is 16.7 Å². The molecule has 0 aliphatic heterocycles. The van der Waals surface area contributed by atoms with Crippen molar-refractivity contribution in [1.29, 1.82) is 0 Å². The predicted octanol–water partition coefficient (Wildman–Crippen LogP) is 3.45. The SMILES string of the molecule is Cc1cc(Cl)c(C(F)(F)F)cc1-c1[nH]ncc1CN(C)CCN. The minimum atomic E-state index is -4.50. The van der Waals surface area contributed by atoms with Crippen LogP contribution >= 0.6 is 11.6 Å². The number of halogens is 4. The van der Waals surface area contributed by atoms with E-state index >= 15 is 0 Å². The lowest BCUT2D eigenvalue weighted by atomic mass is 9.99. The van der Waals surface area contributed by atoms with Gasteiger partial charge in [-0.3, -0.25) is 5.10 Å².